The van der Waals surface area contributed by atoms with Gasteiger partial charge < -0.3 is 9.57 Å². The number of nitrogens with zero attached hydrogens (tertiary/aromatic N) is 1. The van der Waals surface area contributed by atoms with Crippen LogP contribution in [0.4, 0.5) is 0 Å². The van der Waals surface area contributed by atoms with Crippen molar-refractivity contribution in [3.05, 3.63) is 71.8 Å². The van der Waals surface area contributed by atoms with Crippen molar-refractivity contribution in [2.75, 3.05) is 7.11 Å². The van der Waals surface area contributed by atoms with Crippen LogP contribution in [0.1, 0.15) is 37.9 Å². The van der Waals surface area contributed by atoms with E-state index in [4.69, 9.17) is 9.57 Å². The first-order valence-electron chi connectivity index (χ1n) is 7.87. The second-order valence-electron chi connectivity index (χ2n) is 6.70. The molecule has 1 heterocycles. The normalized spacial score (nSPS) is 18.4. The van der Waals surface area contributed by atoms with Gasteiger partial charge >= 0.3 is 0 Å². The van der Waals surface area contributed by atoms with Gasteiger partial charge in [-0.25, -0.2) is 0 Å². The number of hydroxylamine groups is 2. The van der Waals surface area contributed by atoms with Gasteiger partial charge in [0, 0.05) is 11.1 Å². The van der Waals surface area contributed by atoms with E-state index in [0.717, 1.165) is 17.1 Å². The Morgan fingerprint density at radius 3 is 2.17 bits per heavy atom. The summed E-state index contributed by atoms with van der Waals surface area (Å²) in [6, 6.07) is 18.5. The molecule has 120 valence electrons. The van der Waals surface area contributed by atoms with Crippen LogP contribution in [-0.2, 0) is 4.84 Å². The topological polar surface area (TPSA) is 21.7 Å². The van der Waals surface area contributed by atoms with E-state index in [9.17, 15) is 0 Å². The van der Waals surface area contributed by atoms with E-state index < -0.39 is 0 Å². The number of ether oxygens (including phenoxy) is 1. The summed E-state index contributed by atoms with van der Waals surface area (Å²) in [6.07, 6.45) is 2.18. The molecule has 1 aliphatic heterocycles. The number of rotatable bonds is 3. The largest absolute Gasteiger partial charge is 0.497 e. The highest BCUT2D eigenvalue weighted by atomic mass is 16.7. The molecule has 0 spiro atoms. The Morgan fingerprint density at radius 2 is 1.61 bits per heavy atom. The maximum absolute atomic E-state index is 6.20. The molecule has 1 aliphatic rings. The van der Waals surface area contributed by atoms with Gasteiger partial charge in [0.05, 0.1) is 13.2 Å². The monoisotopic (exact) mass is 309 g/mol. The molecule has 3 rings (SSSR count). The van der Waals surface area contributed by atoms with Gasteiger partial charge in [-0.15, -0.1) is 5.06 Å². The van der Waals surface area contributed by atoms with Crippen molar-refractivity contribution in [3.63, 3.8) is 0 Å². The summed E-state index contributed by atoms with van der Waals surface area (Å²) >= 11 is 0. The zero-order chi connectivity index (χ0) is 16.4. The number of benzene rings is 2. The van der Waals surface area contributed by atoms with E-state index in [-0.39, 0.29) is 11.6 Å². The molecule has 0 aliphatic carbocycles. The Morgan fingerprint density at radius 1 is 0.957 bits per heavy atom. The van der Waals surface area contributed by atoms with Crippen LogP contribution in [-0.4, -0.2) is 17.7 Å². The lowest BCUT2D eigenvalue weighted by atomic mass is 10.0. The maximum Gasteiger partial charge on any atom is 0.152 e. The van der Waals surface area contributed by atoms with Crippen LogP contribution in [0.2, 0.25) is 0 Å². The van der Waals surface area contributed by atoms with Crippen molar-refractivity contribution in [2.45, 2.75) is 32.4 Å². The molecule has 2 aromatic rings. The van der Waals surface area contributed by atoms with Crippen LogP contribution in [0.15, 0.2) is 60.7 Å². The van der Waals surface area contributed by atoms with Gasteiger partial charge in [-0.2, -0.15) is 0 Å². The summed E-state index contributed by atoms with van der Waals surface area (Å²) in [5, 5.41) is 2.05. The first kappa shape index (κ1) is 15.6. The van der Waals surface area contributed by atoms with Crippen molar-refractivity contribution in [2.24, 2.45) is 0 Å². The van der Waals surface area contributed by atoms with Gasteiger partial charge in [-0.1, -0.05) is 42.5 Å². The summed E-state index contributed by atoms with van der Waals surface area (Å²) < 4.78 is 5.26. The third-order valence-corrected chi connectivity index (χ3v) is 3.94. The van der Waals surface area contributed by atoms with Gasteiger partial charge in [-0.3, -0.25) is 0 Å². The fourth-order valence-corrected chi connectivity index (χ4v) is 2.74. The average Bonchev–Trinajstić information content (AvgIpc) is 3.01. The lowest BCUT2D eigenvalue weighted by molar-refractivity contribution is -0.156. The molecular weight excluding hydrogens is 286 g/mol. The Bertz CT molecular complexity index is 684. The van der Waals surface area contributed by atoms with Crippen LogP contribution in [0.5, 0.6) is 5.75 Å². The van der Waals surface area contributed by atoms with Crippen molar-refractivity contribution >= 4 is 5.76 Å². The summed E-state index contributed by atoms with van der Waals surface area (Å²) in [4.78, 5) is 6.20. The fourth-order valence-electron chi connectivity index (χ4n) is 2.74. The predicted octanol–water partition coefficient (Wildman–Crippen LogP) is 4.82. The molecule has 0 saturated carbocycles. The van der Waals surface area contributed by atoms with Crippen LogP contribution < -0.4 is 4.74 Å². The smallest absolute Gasteiger partial charge is 0.152 e. The Kier molecular flexibility index (Phi) is 4.14. The number of hydrogen-bond donors (Lipinski definition) is 0. The highest BCUT2D eigenvalue weighted by Gasteiger charge is 2.36. The minimum atomic E-state index is -0.113. The SMILES string of the molecule is COc1ccc(C2C=C(c3ccccc3)ON2C(C)(C)C)cc1. The second kappa shape index (κ2) is 6.09. The highest BCUT2D eigenvalue weighted by molar-refractivity contribution is 5.62. The molecule has 2 aromatic carbocycles. The van der Waals surface area contributed by atoms with E-state index in [1.54, 1.807) is 7.11 Å². The van der Waals surface area contributed by atoms with E-state index in [1.165, 1.54) is 5.56 Å². The van der Waals surface area contributed by atoms with Gasteiger partial charge in [0.15, 0.2) is 5.76 Å². The summed E-state index contributed by atoms with van der Waals surface area (Å²) in [6.45, 7) is 6.47. The molecule has 0 aromatic heterocycles. The molecule has 3 heteroatoms. The zero-order valence-corrected chi connectivity index (χ0v) is 14.1. The van der Waals surface area contributed by atoms with Crippen LogP contribution in [0, 0.1) is 0 Å². The van der Waals surface area contributed by atoms with Crippen molar-refractivity contribution in [3.8, 4) is 5.75 Å². The quantitative estimate of drug-likeness (QED) is 0.811. The lowest BCUT2D eigenvalue weighted by Crippen LogP contribution is -2.40. The number of methoxy groups -OCH3 is 1. The van der Waals surface area contributed by atoms with E-state index in [1.807, 2.05) is 30.3 Å². The molecule has 3 nitrogen and oxygen atoms in total. The van der Waals surface area contributed by atoms with Crippen LogP contribution in [0.3, 0.4) is 0 Å². The number of hydrogen-bond acceptors (Lipinski definition) is 3. The Balaban J connectivity index is 1.97. The van der Waals surface area contributed by atoms with Crippen molar-refractivity contribution < 1.29 is 9.57 Å². The first-order valence-corrected chi connectivity index (χ1v) is 7.87. The summed E-state index contributed by atoms with van der Waals surface area (Å²) in [5.74, 6) is 1.77. The minimum absolute atomic E-state index is 0.0797. The maximum atomic E-state index is 6.20. The molecule has 1 unspecified atom stereocenters. The van der Waals surface area contributed by atoms with Crippen LogP contribution in [0.25, 0.3) is 5.76 Å². The van der Waals surface area contributed by atoms with Crippen molar-refractivity contribution in [1.29, 1.82) is 0 Å². The molecule has 0 bridgehead atoms. The molecule has 0 amide bonds. The average molecular weight is 309 g/mol. The van der Waals surface area contributed by atoms with Crippen LogP contribution >= 0.6 is 0 Å². The fraction of sp³-hybridized carbons (Fsp3) is 0.300. The lowest BCUT2D eigenvalue weighted by Gasteiger charge is -2.35. The third kappa shape index (κ3) is 3.25. The molecule has 0 saturated heterocycles. The first-order chi connectivity index (χ1) is 11.0. The standard InChI is InChI=1S/C20H23NO2/c1-20(2,3)21-18(15-10-12-17(22-4)13-11-15)14-19(23-21)16-8-6-5-7-9-16/h5-14,18H,1-4H3. The summed E-state index contributed by atoms with van der Waals surface area (Å²) in [5.41, 5.74) is 2.17. The van der Waals surface area contributed by atoms with Crippen molar-refractivity contribution in [1.82, 2.24) is 5.06 Å². The van der Waals surface area contributed by atoms with E-state index in [0.29, 0.717) is 0 Å². The van der Waals surface area contributed by atoms with E-state index >= 15 is 0 Å². The summed E-state index contributed by atoms with van der Waals surface area (Å²) in [7, 11) is 1.68. The molecule has 0 radical (unpaired) electrons. The minimum Gasteiger partial charge on any atom is -0.497 e. The Labute approximate surface area is 138 Å². The third-order valence-electron chi connectivity index (χ3n) is 3.94. The molecule has 0 N–H and O–H groups in total. The molecule has 23 heavy (non-hydrogen) atoms. The van der Waals surface area contributed by atoms with Gasteiger partial charge in [0.2, 0.25) is 0 Å². The van der Waals surface area contributed by atoms with Gasteiger partial charge in [0.1, 0.15) is 5.75 Å². The Hall–Kier alpha value is -2.26. The second-order valence-corrected chi connectivity index (χ2v) is 6.70. The van der Waals surface area contributed by atoms with Gasteiger partial charge in [0.25, 0.3) is 0 Å². The molecular formula is C20H23NO2. The van der Waals surface area contributed by atoms with Gasteiger partial charge in [-0.05, 0) is 44.5 Å². The highest BCUT2D eigenvalue weighted by Crippen LogP contribution is 2.40. The molecule has 1 atom stereocenters. The predicted molar refractivity (Wildman–Crippen MR) is 92.8 cm³/mol. The zero-order valence-electron chi connectivity index (χ0n) is 14.1. The van der Waals surface area contributed by atoms with E-state index in [2.05, 4.69) is 56.2 Å². The molecule has 0 fully saturated rings.